The number of imidazole rings is 1. The second kappa shape index (κ2) is 7.38. The smallest absolute Gasteiger partial charge is 0.279 e. The number of primary amides is 1. The molecule has 0 bridgehead atoms. The van der Waals surface area contributed by atoms with Gasteiger partial charge in [-0.15, -0.1) is 0 Å². The number of amides is 1. The van der Waals surface area contributed by atoms with E-state index >= 15 is 0 Å². The third kappa shape index (κ3) is 3.90. The Morgan fingerprint density at radius 3 is 2.92 bits per heavy atom. The van der Waals surface area contributed by atoms with Gasteiger partial charge < -0.3 is 15.6 Å². The monoisotopic (exact) mass is 361 g/mol. The highest BCUT2D eigenvalue weighted by molar-refractivity contribution is 5.97. The molecule has 0 radical (unpaired) electrons. The first-order chi connectivity index (χ1) is 12.4. The fraction of sp³-hybridized carbons (Fsp3) is 0.312. The maximum atomic E-state index is 12.3. The Balaban J connectivity index is 1.75. The summed E-state index contributed by atoms with van der Waals surface area (Å²) < 4.78 is 24.6. The van der Waals surface area contributed by atoms with Gasteiger partial charge in [0.25, 0.3) is 6.43 Å². The van der Waals surface area contributed by atoms with Crippen LogP contribution in [0.2, 0.25) is 0 Å². The zero-order valence-corrected chi connectivity index (χ0v) is 13.7. The van der Waals surface area contributed by atoms with E-state index in [1.165, 1.54) is 18.6 Å². The predicted molar refractivity (Wildman–Crippen MR) is 91.9 cm³/mol. The molecule has 1 aliphatic heterocycles. The Bertz CT molecular complexity index is 849. The van der Waals surface area contributed by atoms with Crippen LogP contribution in [0.4, 0.5) is 14.6 Å². The number of hydrogen-bond donors (Lipinski definition) is 3. The van der Waals surface area contributed by atoms with E-state index in [0.717, 1.165) is 6.08 Å². The lowest BCUT2D eigenvalue weighted by Crippen LogP contribution is -2.27. The minimum Gasteiger partial charge on any atom is -0.369 e. The lowest BCUT2D eigenvalue weighted by atomic mass is 10.1. The lowest BCUT2D eigenvalue weighted by molar-refractivity contribution is -0.121. The van der Waals surface area contributed by atoms with Crippen molar-refractivity contribution in [3.8, 4) is 11.4 Å². The highest BCUT2D eigenvalue weighted by atomic mass is 19.3. The topological polar surface area (TPSA) is 125 Å². The molecule has 1 atom stereocenters. The number of carbonyl (C=O) groups is 1. The quantitative estimate of drug-likeness (QED) is 0.672. The first-order valence-electron chi connectivity index (χ1n) is 7.90. The van der Waals surface area contributed by atoms with Crippen molar-refractivity contribution < 1.29 is 13.6 Å². The number of aromatic nitrogens is 4. The molecule has 3 rings (SSSR count). The minimum atomic E-state index is -2.82. The summed E-state index contributed by atoms with van der Waals surface area (Å²) in [6.07, 6.45) is 3.09. The first-order valence-corrected chi connectivity index (χ1v) is 7.90. The molecule has 3 heterocycles. The predicted octanol–water partition coefficient (Wildman–Crippen LogP) is 1.48. The summed E-state index contributed by atoms with van der Waals surface area (Å²) in [4.78, 5) is 28.7. The van der Waals surface area contributed by atoms with Gasteiger partial charge in [0.15, 0.2) is 0 Å². The van der Waals surface area contributed by atoms with Gasteiger partial charge in [0.1, 0.15) is 18.0 Å². The van der Waals surface area contributed by atoms with Gasteiger partial charge in [-0.3, -0.25) is 10.2 Å². The van der Waals surface area contributed by atoms with Crippen LogP contribution in [0.5, 0.6) is 0 Å². The van der Waals surface area contributed by atoms with Crippen LogP contribution in [-0.4, -0.2) is 51.1 Å². The van der Waals surface area contributed by atoms with Crippen LogP contribution in [0.3, 0.4) is 0 Å². The number of nitrogens with zero attached hydrogens (tertiary/aromatic N) is 4. The number of nitrogens with two attached hydrogens (primary N) is 1. The maximum Gasteiger partial charge on any atom is 0.279 e. The Labute approximate surface area is 147 Å². The standard InChI is InChI=1S/C16H17F2N7O/c17-15(18)10(19)1-2-13-21-6-12(24-13)11-5-14(23-8-22-11)25-4-3-9(7-25)16(20)26/h1-2,5-6,8-9,15,19H,3-4,7H2,(H2,20,26)(H,21,24)/b2-1-,19-10?. The summed E-state index contributed by atoms with van der Waals surface area (Å²) in [5, 5.41) is 7.10. The molecular weight excluding hydrogens is 344 g/mol. The van der Waals surface area contributed by atoms with Crippen molar-refractivity contribution in [3.05, 3.63) is 30.5 Å². The van der Waals surface area contributed by atoms with Gasteiger partial charge in [0, 0.05) is 19.2 Å². The van der Waals surface area contributed by atoms with Crippen LogP contribution >= 0.6 is 0 Å². The number of H-pyrrole nitrogens is 1. The van der Waals surface area contributed by atoms with Crippen LogP contribution in [-0.2, 0) is 4.79 Å². The second-order valence-corrected chi connectivity index (χ2v) is 5.87. The molecule has 1 unspecified atom stereocenters. The largest absolute Gasteiger partial charge is 0.369 e. The summed E-state index contributed by atoms with van der Waals surface area (Å²) in [6, 6.07) is 1.76. The summed E-state index contributed by atoms with van der Waals surface area (Å²) in [5.74, 6) is 0.494. The molecule has 0 spiro atoms. The van der Waals surface area contributed by atoms with Gasteiger partial charge in [-0.1, -0.05) is 0 Å². The number of alkyl halides is 2. The molecule has 26 heavy (non-hydrogen) atoms. The lowest BCUT2D eigenvalue weighted by Gasteiger charge is -2.16. The Hall–Kier alpha value is -3.17. The van der Waals surface area contributed by atoms with Crippen molar-refractivity contribution >= 4 is 23.5 Å². The van der Waals surface area contributed by atoms with Crippen LogP contribution in [0.25, 0.3) is 17.5 Å². The molecule has 2 aromatic rings. The number of aromatic amines is 1. The van der Waals surface area contributed by atoms with E-state index in [4.69, 9.17) is 11.1 Å². The molecule has 0 aromatic carbocycles. The van der Waals surface area contributed by atoms with Gasteiger partial charge in [-0.2, -0.15) is 0 Å². The molecule has 1 aliphatic rings. The number of rotatable bonds is 6. The van der Waals surface area contributed by atoms with Crippen molar-refractivity contribution in [1.82, 2.24) is 19.9 Å². The average molecular weight is 361 g/mol. The zero-order valence-electron chi connectivity index (χ0n) is 13.7. The third-order valence-corrected chi connectivity index (χ3v) is 4.09. The SMILES string of the molecule is N=C(/C=C\c1ncc(-c2cc(N3CCC(C(N)=O)C3)ncn2)[nH]1)C(F)F. The molecule has 1 fully saturated rings. The molecule has 8 nitrogen and oxygen atoms in total. The van der Waals surface area contributed by atoms with Crippen LogP contribution in [0, 0.1) is 11.3 Å². The van der Waals surface area contributed by atoms with Crippen molar-refractivity contribution in [2.45, 2.75) is 12.8 Å². The van der Waals surface area contributed by atoms with Gasteiger partial charge in [-0.25, -0.2) is 23.7 Å². The number of halogens is 2. The van der Waals surface area contributed by atoms with E-state index in [-0.39, 0.29) is 11.8 Å². The van der Waals surface area contributed by atoms with Gasteiger partial charge in [0.2, 0.25) is 5.91 Å². The van der Waals surface area contributed by atoms with Gasteiger partial charge in [-0.05, 0) is 18.6 Å². The second-order valence-electron chi connectivity index (χ2n) is 5.87. The number of hydrogen-bond acceptors (Lipinski definition) is 6. The molecular formula is C16H17F2N7O. The number of carbonyl (C=O) groups excluding carboxylic acids is 1. The summed E-state index contributed by atoms with van der Waals surface area (Å²) >= 11 is 0. The molecule has 0 saturated carbocycles. The highest BCUT2D eigenvalue weighted by Crippen LogP contribution is 2.24. The molecule has 1 amide bonds. The minimum absolute atomic E-state index is 0.192. The van der Waals surface area contributed by atoms with E-state index < -0.39 is 12.1 Å². The fourth-order valence-electron chi connectivity index (χ4n) is 2.66. The number of allylic oxidation sites excluding steroid dienone is 1. The third-order valence-electron chi connectivity index (χ3n) is 4.09. The Kier molecular flexibility index (Phi) is 5.01. The van der Waals surface area contributed by atoms with Gasteiger partial charge in [0.05, 0.1) is 29.2 Å². The van der Waals surface area contributed by atoms with E-state index in [0.29, 0.717) is 42.5 Å². The van der Waals surface area contributed by atoms with Crippen LogP contribution in [0.15, 0.2) is 24.7 Å². The van der Waals surface area contributed by atoms with E-state index in [1.807, 2.05) is 4.90 Å². The molecule has 1 saturated heterocycles. The summed E-state index contributed by atoms with van der Waals surface area (Å²) in [5.41, 5.74) is 5.73. The van der Waals surface area contributed by atoms with Crippen molar-refractivity contribution in [1.29, 1.82) is 5.41 Å². The maximum absolute atomic E-state index is 12.3. The molecule has 4 N–H and O–H groups in total. The van der Waals surface area contributed by atoms with E-state index in [9.17, 15) is 13.6 Å². The number of anilines is 1. The average Bonchev–Trinajstić information content (AvgIpc) is 3.29. The highest BCUT2D eigenvalue weighted by Gasteiger charge is 2.27. The molecule has 10 heteroatoms. The van der Waals surface area contributed by atoms with Crippen molar-refractivity contribution in [2.75, 3.05) is 18.0 Å². The van der Waals surface area contributed by atoms with Crippen molar-refractivity contribution in [2.24, 2.45) is 11.7 Å². The van der Waals surface area contributed by atoms with E-state index in [2.05, 4.69) is 19.9 Å². The number of nitrogens with one attached hydrogen (secondary N) is 2. The molecule has 136 valence electrons. The molecule has 2 aromatic heterocycles. The van der Waals surface area contributed by atoms with Crippen LogP contribution < -0.4 is 10.6 Å². The zero-order chi connectivity index (χ0) is 18.7. The molecule has 0 aliphatic carbocycles. The summed E-state index contributed by atoms with van der Waals surface area (Å²) in [6.45, 7) is 1.19. The van der Waals surface area contributed by atoms with Crippen LogP contribution in [0.1, 0.15) is 12.2 Å². The first kappa shape index (κ1) is 17.6. The van der Waals surface area contributed by atoms with E-state index in [1.54, 1.807) is 6.07 Å². The van der Waals surface area contributed by atoms with Gasteiger partial charge >= 0.3 is 0 Å². The van der Waals surface area contributed by atoms with Crippen molar-refractivity contribution in [3.63, 3.8) is 0 Å². The Morgan fingerprint density at radius 2 is 2.23 bits per heavy atom. The normalized spacial score (nSPS) is 17.3. The fourth-order valence-corrected chi connectivity index (χ4v) is 2.66. The summed E-state index contributed by atoms with van der Waals surface area (Å²) in [7, 11) is 0. The Morgan fingerprint density at radius 1 is 1.42 bits per heavy atom.